The number of fused-ring (bicyclic) bond motifs is 1. The molecule has 3 rings (SSSR count). The number of nitrogens with one attached hydrogen (secondary N) is 2. The Morgan fingerprint density at radius 1 is 1.48 bits per heavy atom. The van der Waals surface area contributed by atoms with Crippen LogP contribution in [0.3, 0.4) is 0 Å². The van der Waals surface area contributed by atoms with Crippen LogP contribution in [0.5, 0.6) is 0 Å². The fourth-order valence-corrected chi connectivity index (χ4v) is 3.52. The maximum Gasteiger partial charge on any atom is 0.240 e. The summed E-state index contributed by atoms with van der Waals surface area (Å²) in [6.45, 7) is 4.73. The molecule has 6 nitrogen and oxygen atoms in total. The van der Waals surface area contributed by atoms with Crippen LogP contribution < -0.4 is 16.6 Å². The third-order valence-corrected chi connectivity index (χ3v) is 4.91. The average Bonchev–Trinajstić information content (AvgIpc) is 2.96. The first kappa shape index (κ1) is 14.5. The van der Waals surface area contributed by atoms with Crippen LogP contribution in [-0.2, 0) is 11.2 Å². The zero-order chi connectivity index (χ0) is 14.7. The summed E-state index contributed by atoms with van der Waals surface area (Å²) in [5.74, 6) is 7.32. The van der Waals surface area contributed by atoms with E-state index in [2.05, 4.69) is 33.7 Å². The molecule has 0 aliphatic carbocycles. The lowest BCUT2D eigenvalue weighted by molar-refractivity contribution is 0.0595. The number of hydrogen-bond acceptors (Lipinski definition) is 7. The van der Waals surface area contributed by atoms with Crippen molar-refractivity contribution in [2.75, 3.05) is 30.5 Å². The van der Waals surface area contributed by atoms with E-state index in [1.807, 2.05) is 0 Å². The molecular weight excluding hydrogens is 286 g/mol. The summed E-state index contributed by atoms with van der Waals surface area (Å²) < 4.78 is 5.52. The maximum absolute atomic E-state index is 5.52. The predicted molar refractivity (Wildman–Crippen MR) is 86.6 cm³/mol. The maximum atomic E-state index is 5.52. The van der Waals surface area contributed by atoms with Crippen molar-refractivity contribution >= 4 is 33.3 Å². The second-order valence-corrected chi connectivity index (χ2v) is 6.40. The number of anilines is 2. The van der Waals surface area contributed by atoms with E-state index in [9.17, 15) is 0 Å². The lowest BCUT2D eigenvalue weighted by Crippen LogP contribution is -2.24. The predicted octanol–water partition coefficient (Wildman–Crippen LogP) is 2.38. The normalized spacial score (nSPS) is 18.9. The van der Waals surface area contributed by atoms with Gasteiger partial charge >= 0.3 is 0 Å². The molecule has 1 aliphatic rings. The van der Waals surface area contributed by atoms with Crippen molar-refractivity contribution in [1.82, 2.24) is 9.97 Å². The molecular formula is C14H21N5OS. The Balaban J connectivity index is 1.82. The van der Waals surface area contributed by atoms with E-state index < -0.39 is 0 Å². The number of ether oxygens (including phenoxy) is 1. The Labute approximate surface area is 128 Å². The molecule has 1 atom stereocenters. The molecule has 1 unspecified atom stereocenters. The Morgan fingerprint density at radius 3 is 3.10 bits per heavy atom. The fourth-order valence-electron chi connectivity index (χ4n) is 2.55. The molecule has 0 bridgehead atoms. The first-order valence-corrected chi connectivity index (χ1v) is 8.20. The highest BCUT2D eigenvalue weighted by molar-refractivity contribution is 7.18. The van der Waals surface area contributed by atoms with Crippen LogP contribution in [0.15, 0.2) is 6.07 Å². The average molecular weight is 307 g/mol. The van der Waals surface area contributed by atoms with Crippen LogP contribution in [-0.4, -0.2) is 29.7 Å². The Kier molecular flexibility index (Phi) is 4.52. The standard InChI is InChI=1S/C14H21N5OS/c1-2-10-6-11-12(16-7-9-4-3-5-20-8-9)17-14(19-15)18-13(11)21-10/h6,9H,2-5,7-8,15H2,1H3,(H2,16,17,18,19). The van der Waals surface area contributed by atoms with E-state index >= 15 is 0 Å². The number of aromatic nitrogens is 2. The molecule has 114 valence electrons. The molecule has 21 heavy (non-hydrogen) atoms. The minimum Gasteiger partial charge on any atom is -0.381 e. The molecule has 2 aromatic heterocycles. The lowest BCUT2D eigenvalue weighted by atomic mass is 10.0. The molecule has 0 radical (unpaired) electrons. The van der Waals surface area contributed by atoms with Gasteiger partial charge in [0.05, 0.1) is 12.0 Å². The smallest absolute Gasteiger partial charge is 0.240 e. The van der Waals surface area contributed by atoms with Crippen molar-refractivity contribution in [3.05, 3.63) is 10.9 Å². The number of thiophene rings is 1. The summed E-state index contributed by atoms with van der Waals surface area (Å²) in [5.41, 5.74) is 2.54. The SMILES string of the molecule is CCc1cc2c(NCC3CCCOC3)nc(NN)nc2s1. The van der Waals surface area contributed by atoms with Gasteiger partial charge in [0.25, 0.3) is 0 Å². The quantitative estimate of drug-likeness (QED) is 0.581. The van der Waals surface area contributed by atoms with Crippen LogP contribution in [0, 0.1) is 5.92 Å². The van der Waals surface area contributed by atoms with E-state index in [-0.39, 0.29) is 0 Å². The summed E-state index contributed by atoms with van der Waals surface area (Å²) >= 11 is 1.69. The first-order chi connectivity index (χ1) is 10.3. The number of rotatable bonds is 5. The van der Waals surface area contributed by atoms with Crippen LogP contribution in [0.25, 0.3) is 10.2 Å². The number of nitrogens with zero attached hydrogens (tertiary/aromatic N) is 2. The summed E-state index contributed by atoms with van der Waals surface area (Å²) in [6, 6.07) is 2.17. The number of nitrogens with two attached hydrogens (primary N) is 1. The Morgan fingerprint density at radius 2 is 2.38 bits per heavy atom. The fraction of sp³-hybridized carbons (Fsp3) is 0.571. The van der Waals surface area contributed by atoms with E-state index in [1.54, 1.807) is 11.3 Å². The van der Waals surface area contributed by atoms with Crippen molar-refractivity contribution in [3.8, 4) is 0 Å². The zero-order valence-corrected chi connectivity index (χ0v) is 13.0. The van der Waals surface area contributed by atoms with Gasteiger partial charge in [0.2, 0.25) is 5.95 Å². The molecule has 1 saturated heterocycles. The third-order valence-electron chi connectivity index (χ3n) is 3.73. The highest BCUT2D eigenvalue weighted by atomic mass is 32.1. The van der Waals surface area contributed by atoms with Crippen LogP contribution in [0.2, 0.25) is 0 Å². The van der Waals surface area contributed by atoms with Crippen molar-refractivity contribution in [3.63, 3.8) is 0 Å². The van der Waals surface area contributed by atoms with Crippen molar-refractivity contribution in [1.29, 1.82) is 0 Å². The van der Waals surface area contributed by atoms with Gasteiger partial charge in [0, 0.05) is 18.0 Å². The monoisotopic (exact) mass is 307 g/mol. The van der Waals surface area contributed by atoms with E-state index in [4.69, 9.17) is 10.6 Å². The molecule has 0 amide bonds. The van der Waals surface area contributed by atoms with Gasteiger partial charge in [-0.1, -0.05) is 6.92 Å². The number of nitrogen functional groups attached to an aromatic ring is 1. The van der Waals surface area contributed by atoms with Gasteiger partial charge in [0.1, 0.15) is 10.6 Å². The van der Waals surface area contributed by atoms with E-state index in [0.29, 0.717) is 11.9 Å². The second kappa shape index (κ2) is 6.55. The van der Waals surface area contributed by atoms with E-state index in [0.717, 1.165) is 48.6 Å². The molecule has 7 heteroatoms. The molecule has 1 fully saturated rings. The third kappa shape index (κ3) is 3.25. The molecule has 0 saturated carbocycles. The Bertz CT molecular complexity index is 609. The minimum atomic E-state index is 0.453. The number of aryl methyl sites for hydroxylation is 1. The Hall–Kier alpha value is -1.44. The summed E-state index contributed by atoms with van der Waals surface area (Å²) in [5, 5.41) is 4.53. The molecule has 4 N–H and O–H groups in total. The van der Waals surface area contributed by atoms with Crippen molar-refractivity contribution in [2.45, 2.75) is 26.2 Å². The lowest BCUT2D eigenvalue weighted by Gasteiger charge is -2.22. The highest BCUT2D eigenvalue weighted by Crippen LogP contribution is 2.30. The summed E-state index contributed by atoms with van der Waals surface area (Å²) in [6.07, 6.45) is 3.34. The van der Waals surface area contributed by atoms with Crippen molar-refractivity contribution < 1.29 is 4.74 Å². The highest BCUT2D eigenvalue weighted by Gasteiger charge is 2.16. The molecule has 2 aromatic rings. The molecule has 0 aromatic carbocycles. The van der Waals surface area contributed by atoms with Gasteiger partial charge in [0.15, 0.2) is 0 Å². The molecule has 3 heterocycles. The van der Waals surface area contributed by atoms with Gasteiger partial charge in [-0.15, -0.1) is 11.3 Å². The largest absolute Gasteiger partial charge is 0.381 e. The van der Waals surface area contributed by atoms with Crippen LogP contribution in [0.1, 0.15) is 24.6 Å². The van der Waals surface area contributed by atoms with Crippen LogP contribution in [0.4, 0.5) is 11.8 Å². The minimum absolute atomic E-state index is 0.453. The van der Waals surface area contributed by atoms with Crippen LogP contribution >= 0.6 is 11.3 Å². The van der Waals surface area contributed by atoms with Gasteiger partial charge in [-0.25, -0.2) is 10.8 Å². The van der Waals surface area contributed by atoms with Crippen molar-refractivity contribution in [2.24, 2.45) is 11.8 Å². The molecule has 1 aliphatic heterocycles. The summed E-state index contributed by atoms with van der Waals surface area (Å²) in [4.78, 5) is 11.2. The topological polar surface area (TPSA) is 85.1 Å². The zero-order valence-electron chi connectivity index (χ0n) is 12.2. The number of hydrogen-bond donors (Lipinski definition) is 3. The van der Waals surface area contributed by atoms with Gasteiger partial charge in [-0.05, 0) is 31.2 Å². The van der Waals surface area contributed by atoms with Gasteiger partial charge in [-0.3, -0.25) is 5.43 Å². The second-order valence-electron chi connectivity index (χ2n) is 5.29. The molecule has 0 spiro atoms. The number of hydrazine groups is 1. The van der Waals surface area contributed by atoms with Gasteiger partial charge in [-0.2, -0.15) is 4.98 Å². The van der Waals surface area contributed by atoms with E-state index in [1.165, 1.54) is 11.3 Å². The summed E-state index contributed by atoms with van der Waals surface area (Å²) in [7, 11) is 0. The van der Waals surface area contributed by atoms with Gasteiger partial charge < -0.3 is 10.1 Å². The first-order valence-electron chi connectivity index (χ1n) is 7.39.